The van der Waals surface area contributed by atoms with Gasteiger partial charge in [-0.15, -0.1) is 10.2 Å². The second-order valence-electron chi connectivity index (χ2n) is 7.87. The first kappa shape index (κ1) is 18.7. The molecule has 2 aliphatic heterocycles. The van der Waals surface area contributed by atoms with E-state index in [1.54, 1.807) is 13.2 Å². The number of fused-ring (bicyclic) bond motifs is 2. The van der Waals surface area contributed by atoms with E-state index < -0.39 is 0 Å². The average Bonchev–Trinajstić information content (AvgIpc) is 3.37. The lowest BCUT2D eigenvalue weighted by molar-refractivity contribution is 0.102. The second kappa shape index (κ2) is 7.53. The topological polar surface area (TPSA) is 85.2 Å². The first-order chi connectivity index (χ1) is 14.6. The molecule has 0 atom stereocenters. The lowest BCUT2D eigenvalue weighted by Crippen LogP contribution is -2.27. The van der Waals surface area contributed by atoms with Crippen molar-refractivity contribution in [3.05, 3.63) is 52.8 Å². The summed E-state index contributed by atoms with van der Waals surface area (Å²) in [5.41, 5.74) is 3.62. The molecule has 154 valence electrons. The van der Waals surface area contributed by atoms with Crippen molar-refractivity contribution >= 4 is 11.7 Å². The summed E-state index contributed by atoms with van der Waals surface area (Å²) < 4.78 is 7.61. The van der Waals surface area contributed by atoms with Gasteiger partial charge in [-0.3, -0.25) is 4.79 Å². The van der Waals surface area contributed by atoms with Gasteiger partial charge in [-0.25, -0.2) is 4.98 Å². The Labute approximate surface area is 174 Å². The maximum atomic E-state index is 13.1. The minimum Gasteiger partial charge on any atom is -0.496 e. The van der Waals surface area contributed by atoms with Crippen molar-refractivity contribution in [2.75, 3.05) is 26.0 Å². The normalized spacial score (nSPS) is 15.5. The molecule has 0 aliphatic carbocycles. The lowest BCUT2D eigenvalue weighted by atomic mass is 9.96. The highest BCUT2D eigenvalue weighted by molar-refractivity contribution is 6.06. The average molecular weight is 404 g/mol. The molecule has 1 aromatic carbocycles. The molecule has 1 amide bonds. The number of aromatic nitrogens is 4. The number of likely N-dealkylation sites (N-methyl/N-ethyl adjacent to an activating group) is 1. The van der Waals surface area contributed by atoms with Crippen LogP contribution in [0, 0.1) is 0 Å². The van der Waals surface area contributed by atoms with E-state index in [-0.39, 0.29) is 5.91 Å². The summed E-state index contributed by atoms with van der Waals surface area (Å²) in [4.78, 5) is 19.9. The van der Waals surface area contributed by atoms with Crippen LogP contribution in [0.4, 0.5) is 5.82 Å². The summed E-state index contributed by atoms with van der Waals surface area (Å²) in [5.74, 6) is 2.56. The van der Waals surface area contributed by atoms with Gasteiger partial charge in [0.05, 0.1) is 12.7 Å². The molecule has 3 aromatic rings. The van der Waals surface area contributed by atoms with Gasteiger partial charge in [-0.2, -0.15) is 0 Å². The van der Waals surface area contributed by atoms with Crippen LogP contribution in [0.25, 0.3) is 11.5 Å². The molecule has 0 unspecified atom stereocenters. The molecule has 2 aromatic heterocycles. The number of aryl methyl sites for hydroxylation is 1. The minimum absolute atomic E-state index is 0.237. The summed E-state index contributed by atoms with van der Waals surface area (Å²) in [6.07, 6.45) is 2.97. The van der Waals surface area contributed by atoms with Gasteiger partial charge in [-0.1, -0.05) is 6.07 Å². The Bertz CT molecular complexity index is 1120. The fourth-order valence-electron chi connectivity index (χ4n) is 4.23. The maximum absolute atomic E-state index is 13.1. The molecule has 2 aliphatic rings. The van der Waals surface area contributed by atoms with Gasteiger partial charge in [0.1, 0.15) is 23.1 Å². The molecular formula is C22H24N6O2. The van der Waals surface area contributed by atoms with Gasteiger partial charge in [0.15, 0.2) is 5.82 Å². The van der Waals surface area contributed by atoms with Gasteiger partial charge < -0.3 is 19.5 Å². The van der Waals surface area contributed by atoms with E-state index in [2.05, 4.69) is 37.0 Å². The number of benzene rings is 1. The molecule has 4 heterocycles. The van der Waals surface area contributed by atoms with E-state index in [0.29, 0.717) is 22.8 Å². The van der Waals surface area contributed by atoms with E-state index >= 15 is 0 Å². The number of nitrogens with zero attached hydrogens (tertiary/aromatic N) is 5. The molecule has 8 nitrogen and oxygen atoms in total. The van der Waals surface area contributed by atoms with Crippen LogP contribution >= 0.6 is 0 Å². The van der Waals surface area contributed by atoms with Gasteiger partial charge in [0, 0.05) is 26.1 Å². The molecule has 0 radical (unpaired) electrons. The Hall–Kier alpha value is -3.26. The number of carbonyl (C=O) groups is 1. The van der Waals surface area contributed by atoms with Crippen molar-refractivity contribution in [3.63, 3.8) is 0 Å². The van der Waals surface area contributed by atoms with E-state index in [9.17, 15) is 4.79 Å². The predicted molar refractivity (Wildman–Crippen MR) is 113 cm³/mol. The SMILES string of the molecule is COc1cc2c(cc1C(=O)Nc1cccc(-c3nnc4n3CCC4)n1)CN(C)CC2. The zero-order valence-electron chi connectivity index (χ0n) is 17.2. The van der Waals surface area contributed by atoms with Crippen LogP contribution in [-0.2, 0) is 25.9 Å². The highest BCUT2D eigenvalue weighted by Gasteiger charge is 2.22. The fourth-order valence-corrected chi connectivity index (χ4v) is 4.23. The number of hydrogen-bond acceptors (Lipinski definition) is 6. The standard InChI is InChI=1S/C22H24N6O2/c1-27-10-8-14-12-18(30-2)16(11-15(14)13-27)22(29)24-19-6-3-5-17(23-19)21-26-25-20-7-4-9-28(20)21/h3,5-6,11-12H,4,7-10,13H2,1-2H3,(H,23,24,29). The number of anilines is 1. The predicted octanol–water partition coefficient (Wildman–Crippen LogP) is 2.54. The molecule has 0 saturated heterocycles. The summed E-state index contributed by atoms with van der Waals surface area (Å²) in [5, 5.41) is 11.4. The molecule has 8 heteroatoms. The van der Waals surface area contributed by atoms with Gasteiger partial charge >= 0.3 is 0 Å². The van der Waals surface area contributed by atoms with Crippen molar-refractivity contribution in [1.29, 1.82) is 0 Å². The van der Waals surface area contributed by atoms with E-state index in [1.807, 2.05) is 24.3 Å². The third-order valence-corrected chi connectivity index (χ3v) is 5.80. The van der Waals surface area contributed by atoms with Crippen molar-refractivity contribution < 1.29 is 9.53 Å². The lowest BCUT2D eigenvalue weighted by Gasteiger charge is -2.26. The van der Waals surface area contributed by atoms with Crippen LogP contribution < -0.4 is 10.1 Å². The molecule has 30 heavy (non-hydrogen) atoms. The number of rotatable bonds is 4. The summed E-state index contributed by atoms with van der Waals surface area (Å²) in [6.45, 7) is 2.73. The number of pyridine rings is 1. The molecular weight excluding hydrogens is 380 g/mol. The third kappa shape index (κ3) is 3.33. The van der Waals surface area contributed by atoms with Crippen LogP contribution in [0.15, 0.2) is 30.3 Å². The van der Waals surface area contributed by atoms with E-state index in [1.165, 1.54) is 5.56 Å². The Morgan fingerprint density at radius 3 is 2.90 bits per heavy atom. The minimum atomic E-state index is -0.237. The second-order valence-corrected chi connectivity index (χ2v) is 7.87. The smallest absolute Gasteiger partial charge is 0.260 e. The molecule has 0 spiro atoms. The van der Waals surface area contributed by atoms with Crippen LogP contribution in [0.2, 0.25) is 0 Å². The summed E-state index contributed by atoms with van der Waals surface area (Å²) in [6, 6.07) is 9.46. The van der Waals surface area contributed by atoms with Gasteiger partial charge in [-0.05, 0) is 55.3 Å². The highest BCUT2D eigenvalue weighted by Crippen LogP contribution is 2.29. The maximum Gasteiger partial charge on any atom is 0.260 e. The number of hydrogen-bond donors (Lipinski definition) is 1. The van der Waals surface area contributed by atoms with Crippen LogP contribution in [0.1, 0.15) is 33.7 Å². The Balaban J connectivity index is 1.42. The molecule has 0 bridgehead atoms. The van der Waals surface area contributed by atoms with Crippen LogP contribution in [0.3, 0.4) is 0 Å². The highest BCUT2D eigenvalue weighted by atomic mass is 16.5. The fraction of sp³-hybridized carbons (Fsp3) is 0.364. The molecule has 0 fully saturated rings. The summed E-state index contributed by atoms with van der Waals surface area (Å²) >= 11 is 0. The van der Waals surface area contributed by atoms with Crippen molar-refractivity contribution in [1.82, 2.24) is 24.6 Å². The zero-order valence-corrected chi connectivity index (χ0v) is 17.2. The largest absolute Gasteiger partial charge is 0.496 e. The van der Waals surface area contributed by atoms with Crippen molar-refractivity contribution in [2.45, 2.75) is 32.4 Å². The molecule has 5 rings (SSSR count). The first-order valence-corrected chi connectivity index (χ1v) is 10.2. The number of amides is 1. The van der Waals surface area contributed by atoms with Gasteiger partial charge in [0.2, 0.25) is 0 Å². The zero-order chi connectivity index (χ0) is 20.7. The monoisotopic (exact) mass is 404 g/mol. The van der Waals surface area contributed by atoms with E-state index in [4.69, 9.17) is 4.74 Å². The van der Waals surface area contributed by atoms with Crippen LogP contribution in [0.5, 0.6) is 5.75 Å². The number of carbonyl (C=O) groups excluding carboxylic acids is 1. The Morgan fingerprint density at radius 2 is 2.03 bits per heavy atom. The number of ether oxygens (including phenoxy) is 1. The number of nitrogens with one attached hydrogen (secondary N) is 1. The van der Waals surface area contributed by atoms with E-state index in [0.717, 1.165) is 56.1 Å². The number of methoxy groups -OCH3 is 1. The third-order valence-electron chi connectivity index (χ3n) is 5.80. The van der Waals surface area contributed by atoms with Crippen LogP contribution in [-0.4, -0.2) is 51.3 Å². The Morgan fingerprint density at radius 1 is 1.13 bits per heavy atom. The van der Waals surface area contributed by atoms with Gasteiger partial charge in [0.25, 0.3) is 5.91 Å². The molecule has 1 N–H and O–H groups in total. The van der Waals surface area contributed by atoms with Crippen molar-refractivity contribution in [3.8, 4) is 17.3 Å². The quantitative estimate of drug-likeness (QED) is 0.719. The Kier molecular flexibility index (Phi) is 4.71. The molecule has 0 saturated carbocycles. The first-order valence-electron chi connectivity index (χ1n) is 10.2. The van der Waals surface area contributed by atoms with Crippen molar-refractivity contribution in [2.24, 2.45) is 0 Å². The summed E-state index contributed by atoms with van der Waals surface area (Å²) in [7, 11) is 3.68.